The first-order valence-corrected chi connectivity index (χ1v) is 8.98. The summed E-state index contributed by atoms with van der Waals surface area (Å²) in [6.45, 7) is 9.28. The van der Waals surface area contributed by atoms with Gasteiger partial charge in [-0.1, -0.05) is 6.58 Å². The molecule has 2 fully saturated rings. The van der Waals surface area contributed by atoms with E-state index >= 15 is 0 Å². The van der Waals surface area contributed by atoms with Gasteiger partial charge in [0.25, 0.3) is 0 Å². The molecule has 1 saturated heterocycles. The van der Waals surface area contributed by atoms with E-state index in [0.717, 1.165) is 0 Å². The molecule has 0 amide bonds. The molecule has 2 N–H and O–H groups in total. The highest BCUT2D eigenvalue weighted by atomic mass is 17.1. The van der Waals surface area contributed by atoms with Gasteiger partial charge in [-0.25, -0.2) is 9.68 Å². The Morgan fingerprint density at radius 2 is 1.86 bits per heavy atom. The van der Waals surface area contributed by atoms with Crippen LogP contribution in [0.4, 0.5) is 0 Å². The van der Waals surface area contributed by atoms with E-state index in [9.17, 15) is 24.7 Å². The van der Waals surface area contributed by atoms with Crippen LogP contribution in [0.2, 0.25) is 0 Å². The molecular weight excluding hydrogens is 372 g/mol. The number of hydrogen-bond donors (Lipinski definition) is 2. The van der Waals surface area contributed by atoms with Gasteiger partial charge in [-0.15, -0.1) is 0 Å². The van der Waals surface area contributed by atoms with Crippen LogP contribution in [0, 0.1) is 11.8 Å². The van der Waals surface area contributed by atoms with Crippen LogP contribution in [0.15, 0.2) is 23.3 Å². The second-order valence-corrected chi connectivity index (χ2v) is 7.73. The molecule has 3 rings (SSSR count). The Labute approximate surface area is 161 Å². The first-order chi connectivity index (χ1) is 13.0. The molecule has 0 aromatic heterocycles. The molecule has 2 aliphatic carbocycles. The zero-order valence-electron chi connectivity index (χ0n) is 16.1. The van der Waals surface area contributed by atoms with Crippen LogP contribution in [0.1, 0.15) is 34.1 Å². The van der Waals surface area contributed by atoms with Crippen molar-refractivity contribution < 1.29 is 43.8 Å². The minimum atomic E-state index is -1.70. The van der Waals surface area contributed by atoms with Crippen molar-refractivity contribution in [2.75, 3.05) is 0 Å². The van der Waals surface area contributed by atoms with Crippen molar-refractivity contribution in [2.24, 2.45) is 11.8 Å². The van der Waals surface area contributed by atoms with E-state index in [4.69, 9.17) is 14.2 Å². The lowest BCUT2D eigenvalue weighted by atomic mass is 9.79. The fourth-order valence-corrected chi connectivity index (χ4v) is 4.70. The molecule has 28 heavy (non-hydrogen) atoms. The third kappa shape index (κ3) is 3.03. The quantitative estimate of drug-likeness (QED) is 0.179. The molecule has 0 radical (unpaired) electrons. The maximum absolute atomic E-state index is 12.3. The summed E-state index contributed by atoms with van der Waals surface area (Å²) >= 11 is 0. The third-order valence-electron chi connectivity index (χ3n) is 5.95. The van der Waals surface area contributed by atoms with Crippen LogP contribution in [-0.2, 0) is 33.5 Å². The summed E-state index contributed by atoms with van der Waals surface area (Å²) < 4.78 is 16.4. The summed E-state index contributed by atoms with van der Waals surface area (Å²) in [5, 5.41) is 20.7. The molecule has 1 heterocycles. The van der Waals surface area contributed by atoms with Crippen LogP contribution < -0.4 is 0 Å². The van der Waals surface area contributed by atoms with Gasteiger partial charge >= 0.3 is 17.9 Å². The third-order valence-corrected chi connectivity index (χ3v) is 5.95. The number of aliphatic hydroxyl groups is 1. The van der Waals surface area contributed by atoms with Crippen LogP contribution >= 0.6 is 0 Å². The Kier molecular flexibility index (Phi) is 5.11. The van der Waals surface area contributed by atoms with Crippen molar-refractivity contribution in [1.82, 2.24) is 0 Å². The lowest BCUT2D eigenvalue weighted by molar-refractivity contribution is -0.271. The predicted octanol–water partition coefficient (Wildman–Crippen LogP) is 0.907. The summed E-state index contributed by atoms with van der Waals surface area (Å²) in [5.74, 6) is -3.56. The van der Waals surface area contributed by atoms with E-state index in [-0.39, 0.29) is 12.0 Å². The van der Waals surface area contributed by atoms with Crippen LogP contribution in [0.25, 0.3) is 0 Å². The molecule has 7 unspecified atom stereocenters. The minimum absolute atomic E-state index is 0.0542. The van der Waals surface area contributed by atoms with Crippen molar-refractivity contribution in [3.05, 3.63) is 23.3 Å². The Bertz CT molecular complexity index is 765. The van der Waals surface area contributed by atoms with Gasteiger partial charge in [0.15, 0.2) is 12.2 Å². The number of carbonyl (C=O) groups is 3. The van der Waals surface area contributed by atoms with Gasteiger partial charge in [-0.2, -0.15) is 0 Å². The molecule has 3 aliphatic rings. The van der Waals surface area contributed by atoms with Gasteiger partial charge in [0.05, 0.1) is 5.92 Å². The van der Waals surface area contributed by atoms with Gasteiger partial charge in [-0.3, -0.25) is 14.8 Å². The Hall–Kier alpha value is -2.23. The Morgan fingerprint density at radius 3 is 2.39 bits per heavy atom. The Morgan fingerprint density at radius 1 is 1.25 bits per heavy atom. The monoisotopic (exact) mass is 396 g/mol. The highest BCUT2D eigenvalue weighted by Gasteiger charge is 2.63. The summed E-state index contributed by atoms with van der Waals surface area (Å²) in [7, 11) is 0. The molecule has 0 aromatic rings. The van der Waals surface area contributed by atoms with Gasteiger partial charge in [0.1, 0.15) is 17.8 Å². The van der Waals surface area contributed by atoms with E-state index in [0.29, 0.717) is 11.1 Å². The molecule has 1 aliphatic heterocycles. The number of esters is 3. The van der Waals surface area contributed by atoms with Crippen molar-refractivity contribution in [3.63, 3.8) is 0 Å². The SMILES string of the molecule is C=C1C(=O)OC2C3=C(C)C(OO)CC3C(C)(O)C(OC(C)=O)C(OC(C)=O)C12. The van der Waals surface area contributed by atoms with Crippen molar-refractivity contribution >= 4 is 17.9 Å². The van der Waals surface area contributed by atoms with Crippen molar-refractivity contribution in [2.45, 2.75) is 64.1 Å². The summed E-state index contributed by atoms with van der Waals surface area (Å²) in [6, 6.07) is 0. The largest absolute Gasteiger partial charge is 0.458 e. The molecule has 9 heteroatoms. The zero-order chi connectivity index (χ0) is 21.0. The second-order valence-electron chi connectivity index (χ2n) is 7.73. The number of hydrogen-bond acceptors (Lipinski definition) is 9. The number of rotatable bonds is 3. The molecule has 0 aromatic carbocycles. The van der Waals surface area contributed by atoms with E-state index < -0.39 is 59.8 Å². The summed E-state index contributed by atoms with van der Waals surface area (Å²) in [4.78, 5) is 40.4. The van der Waals surface area contributed by atoms with Gasteiger partial charge < -0.3 is 19.3 Å². The minimum Gasteiger partial charge on any atom is -0.458 e. The average Bonchev–Trinajstić information content (AvgIpc) is 3.05. The number of carbonyl (C=O) groups excluding carboxylic acids is 3. The molecule has 1 saturated carbocycles. The second kappa shape index (κ2) is 6.98. The van der Waals surface area contributed by atoms with Crippen molar-refractivity contribution in [3.8, 4) is 0 Å². The van der Waals surface area contributed by atoms with Crippen molar-refractivity contribution in [1.29, 1.82) is 0 Å². The topological polar surface area (TPSA) is 129 Å². The summed E-state index contributed by atoms with van der Waals surface area (Å²) in [6.07, 6.45) is -3.91. The molecule has 9 nitrogen and oxygen atoms in total. The van der Waals surface area contributed by atoms with E-state index in [2.05, 4.69) is 11.5 Å². The van der Waals surface area contributed by atoms with E-state index in [1.807, 2.05) is 0 Å². The van der Waals surface area contributed by atoms with E-state index in [1.165, 1.54) is 20.8 Å². The maximum atomic E-state index is 12.3. The predicted molar refractivity (Wildman–Crippen MR) is 92.6 cm³/mol. The highest BCUT2D eigenvalue weighted by molar-refractivity contribution is 5.91. The molecule has 154 valence electrons. The van der Waals surface area contributed by atoms with Gasteiger partial charge in [-0.05, 0) is 31.4 Å². The molecule has 0 bridgehead atoms. The number of fused-ring (bicyclic) bond motifs is 3. The molecular formula is C19H24O9. The standard InChI is InChI=1S/C19H24O9/c1-7-12(28-24)6-11-13(7)15-14(8(2)18(22)27-15)16(25-9(3)20)17(19(11,5)23)26-10(4)21/h11-12,14-17,23-24H,2,6H2,1,3-5H3. The van der Waals surface area contributed by atoms with Gasteiger partial charge in [0, 0.05) is 25.3 Å². The smallest absolute Gasteiger partial charge is 0.334 e. The maximum Gasteiger partial charge on any atom is 0.334 e. The van der Waals surface area contributed by atoms with E-state index in [1.54, 1.807) is 6.92 Å². The number of ether oxygens (including phenoxy) is 3. The lowest BCUT2D eigenvalue weighted by Crippen LogP contribution is -2.55. The zero-order valence-corrected chi connectivity index (χ0v) is 16.1. The average molecular weight is 396 g/mol. The normalized spacial score (nSPS) is 39.8. The molecule has 7 atom stereocenters. The summed E-state index contributed by atoms with van der Waals surface area (Å²) in [5.41, 5.74) is -0.506. The fourth-order valence-electron chi connectivity index (χ4n) is 4.70. The Balaban J connectivity index is 2.23. The lowest BCUT2D eigenvalue weighted by Gasteiger charge is -2.39. The van der Waals surface area contributed by atoms with Gasteiger partial charge in [0.2, 0.25) is 0 Å². The van der Waals surface area contributed by atoms with Crippen LogP contribution in [-0.4, -0.2) is 58.3 Å². The first kappa shape index (κ1) is 20.5. The first-order valence-electron chi connectivity index (χ1n) is 8.98. The van der Waals surface area contributed by atoms with Crippen LogP contribution in [0.5, 0.6) is 0 Å². The van der Waals surface area contributed by atoms with Crippen LogP contribution in [0.3, 0.4) is 0 Å². The highest BCUT2D eigenvalue weighted by Crippen LogP contribution is 2.53. The molecule has 0 spiro atoms. The fraction of sp³-hybridized carbons (Fsp3) is 0.632.